The van der Waals surface area contributed by atoms with Crippen molar-refractivity contribution in [3.8, 4) is 66.8 Å². The zero-order chi connectivity index (χ0) is 68.3. The summed E-state index contributed by atoms with van der Waals surface area (Å²) in [6.45, 7) is 28.2. The molecule has 2 heteroatoms. The van der Waals surface area contributed by atoms with Crippen molar-refractivity contribution in [1.29, 1.82) is 0 Å². The highest BCUT2D eigenvalue weighted by atomic mass is 15.2. The summed E-state index contributed by atoms with van der Waals surface area (Å²) in [7, 11) is 0. The van der Waals surface area contributed by atoms with E-state index in [0.717, 1.165) is 40.0 Å². The minimum atomic E-state index is -0.176. The van der Waals surface area contributed by atoms with Gasteiger partial charge in [-0.25, -0.2) is 0 Å². The maximum atomic E-state index is 2.69. The summed E-state index contributed by atoms with van der Waals surface area (Å²) in [4.78, 5) is 5.38. The van der Waals surface area contributed by atoms with Crippen LogP contribution in [0.4, 0.5) is 34.1 Å². The van der Waals surface area contributed by atoms with Crippen LogP contribution in [-0.2, 0) is 28.1 Å². The molecule has 13 aromatic rings. The molecule has 3 aliphatic rings. The largest absolute Gasteiger partial charge is 0.310 e. The Morgan fingerprint density at radius 2 is 0.535 bits per heavy atom. The van der Waals surface area contributed by atoms with Gasteiger partial charge in [-0.05, 0) is 217 Å². The fourth-order valence-corrected chi connectivity index (χ4v) is 15.8. The van der Waals surface area contributed by atoms with Crippen LogP contribution in [0, 0.1) is 0 Å². The lowest BCUT2D eigenvalue weighted by Gasteiger charge is -2.46. The van der Waals surface area contributed by atoms with Gasteiger partial charge in [0.05, 0.1) is 22.7 Å². The van der Waals surface area contributed by atoms with Gasteiger partial charge in [-0.2, -0.15) is 0 Å². The molecule has 0 aromatic heterocycles. The Morgan fingerprint density at radius 1 is 0.232 bits per heavy atom. The van der Waals surface area contributed by atoms with E-state index in [1.54, 1.807) is 0 Å². The molecule has 0 fully saturated rings. The molecule has 13 aromatic carbocycles. The summed E-state index contributed by atoms with van der Waals surface area (Å²) in [5.41, 5.74) is 36.6. The van der Waals surface area contributed by atoms with E-state index in [-0.39, 0.29) is 33.5 Å². The molecule has 2 heterocycles. The highest BCUT2D eigenvalue weighted by Crippen LogP contribution is 2.63. The maximum absolute atomic E-state index is 2.69. The van der Waals surface area contributed by atoms with Gasteiger partial charge in [-0.3, -0.25) is 0 Å². The average molecular weight is 1280 g/mol. The van der Waals surface area contributed by atoms with E-state index >= 15 is 0 Å². The summed E-state index contributed by atoms with van der Waals surface area (Å²) in [6, 6.07) is 112. The minimum absolute atomic E-state index is 0.0757. The van der Waals surface area contributed by atoms with Crippen LogP contribution < -0.4 is 9.80 Å². The van der Waals surface area contributed by atoms with Crippen LogP contribution in [-0.4, -0.2) is 0 Å². The lowest BCUT2D eigenvalue weighted by atomic mass is 9.71. The fraction of sp³-hybridized carbons (Fsp3) is 0.196. The second-order valence-corrected chi connectivity index (χ2v) is 32.2. The fourth-order valence-electron chi connectivity index (χ4n) is 15.8. The summed E-state index contributed by atoms with van der Waals surface area (Å²) < 4.78 is 0. The predicted octanol–water partition coefficient (Wildman–Crippen LogP) is 26.7. The molecule has 2 nitrogen and oxygen atoms in total. The number of benzene rings is 13. The lowest BCUT2D eigenvalue weighted by Crippen LogP contribution is -2.30. The smallest absolute Gasteiger partial charge is 0.0527 e. The van der Waals surface area contributed by atoms with E-state index in [9.17, 15) is 0 Å². The molecule has 1 aliphatic carbocycles. The van der Waals surface area contributed by atoms with E-state index in [1.165, 1.54) is 134 Å². The minimum Gasteiger partial charge on any atom is -0.310 e. The third-order valence-electron chi connectivity index (χ3n) is 21.3. The standard InChI is InChI=1S/C97H88N2/c1-94(2,3)77-48-74(49-78(60-77)95(4,5)6)66-41-43-85-87(56-66)98(81-52-70(62-29-17-13-18-30-62)46-71(53-81)63-31-19-14-20-32-63)89-58-76(91-83-39-27-25-37-68(83)45-69-38-26-28-40-84(69)91)59-90-93(89)92(85)86-44-42-67(75-50-79(96(7,8)9)61-80(51-75)97(10,11)12)57-88(86)99(90)82-54-72(64-33-21-15-22-34-64)47-73(55-82)65-35-23-16-24-36-65/h13-44,46-61,91-92H,45H2,1-12H3. The van der Waals surface area contributed by atoms with E-state index in [2.05, 4.69) is 384 Å². The number of nitrogens with zero attached hydrogens (tertiary/aromatic N) is 2. The molecule has 0 unspecified atom stereocenters. The molecule has 0 saturated carbocycles. The van der Waals surface area contributed by atoms with Gasteiger partial charge in [0.1, 0.15) is 0 Å². The second-order valence-electron chi connectivity index (χ2n) is 32.2. The summed E-state index contributed by atoms with van der Waals surface area (Å²) >= 11 is 0. The average Bonchev–Trinajstić information content (AvgIpc) is 0.691. The molecule has 16 rings (SSSR count). The Bertz CT molecular complexity index is 4750. The third-order valence-corrected chi connectivity index (χ3v) is 21.3. The molecule has 0 saturated heterocycles. The molecule has 0 N–H and O–H groups in total. The van der Waals surface area contributed by atoms with Crippen molar-refractivity contribution in [2.75, 3.05) is 9.80 Å². The normalized spacial score (nSPS) is 13.7. The van der Waals surface area contributed by atoms with Gasteiger partial charge in [0.15, 0.2) is 0 Å². The Hall–Kier alpha value is -10.5. The van der Waals surface area contributed by atoms with E-state index in [1.807, 2.05) is 0 Å². The van der Waals surface area contributed by atoms with Crippen molar-refractivity contribution in [2.24, 2.45) is 0 Å². The van der Waals surface area contributed by atoms with Crippen molar-refractivity contribution in [3.05, 3.63) is 358 Å². The van der Waals surface area contributed by atoms with Gasteiger partial charge in [0, 0.05) is 28.8 Å². The second kappa shape index (κ2) is 24.2. The van der Waals surface area contributed by atoms with Crippen LogP contribution in [0.15, 0.2) is 291 Å². The van der Waals surface area contributed by atoms with Crippen molar-refractivity contribution >= 4 is 34.1 Å². The number of rotatable bonds is 9. The van der Waals surface area contributed by atoms with Gasteiger partial charge in [-0.15, -0.1) is 0 Å². The molecule has 2 aliphatic heterocycles. The Labute approximate surface area is 588 Å². The monoisotopic (exact) mass is 1280 g/mol. The van der Waals surface area contributed by atoms with E-state index < -0.39 is 0 Å². The first-order valence-corrected chi connectivity index (χ1v) is 35.6. The predicted molar refractivity (Wildman–Crippen MR) is 421 cm³/mol. The van der Waals surface area contributed by atoms with Crippen molar-refractivity contribution < 1.29 is 0 Å². The first kappa shape index (κ1) is 63.2. The highest BCUT2D eigenvalue weighted by Gasteiger charge is 2.44. The molecular formula is C97H88N2. The quantitative estimate of drug-likeness (QED) is 0.142. The number of anilines is 6. The van der Waals surface area contributed by atoms with Crippen LogP contribution in [0.1, 0.15) is 162 Å². The molecule has 486 valence electrons. The molecule has 0 spiro atoms. The first-order chi connectivity index (χ1) is 47.6. The van der Waals surface area contributed by atoms with Gasteiger partial charge in [-0.1, -0.05) is 314 Å². The Kier molecular flexibility index (Phi) is 15.4. The Morgan fingerprint density at radius 3 is 0.859 bits per heavy atom. The Balaban J connectivity index is 1.07. The molecule has 0 radical (unpaired) electrons. The summed E-state index contributed by atoms with van der Waals surface area (Å²) in [6.07, 6.45) is 0.886. The highest BCUT2D eigenvalue weighted by molar-refractivity contribution is 6.00. The van der Waals surface area contributed by atoms with Gasteiger partial charge in [0.2, 0.25) is 0 Å². The van der Waals surface area contributed by atoms with Crippen LogP contribution >= 0.6 is 0 Å². The first-order valence-electron chi connectivity index (χ1n) is 35.6. The SMILES string of the molecule is CC(C)(C)c1cc(-c2ccc3c(c2)N(c2cc(-c4ccccc4)cc(-c4ccccc4)c2)c2cc(C4c5ccccc5Cc5ccccc54)cc4c2C3c2ccc(-c3cc(C(C)(C)C)cc(C(C)(C)C)c3)cc2N4c2cc(-c3ccccc3)cc(-c3ccccc3)c2)cc(C(C)(C)C)c1. The van der Waals surface area contributed by atoms with Crippen LogP contribution in [0.2, 0.25) is 0 Å². The third kappa shape index (κ3) is 11.7. The van der Waals surface area contributed by atoms with Crippen LogP contribution in [0.3, 0.4) is 0 Å². The molecule has 99 heavy (non-hydrogen) atoms. The number of fused-ring (bicyclic) bond motifs is 6. The van der Waals surface area contributed by atoms with Crippen molar-refractivity contribution in [2.45, 2.75) is 123 Å². The van der Waals surface area contributed by atoms with E-state index in [0.29, 0.717) is 0 Å². The van der Waals surface area contributed by atoms with Crippen LogP contribution in [0.5, 0.6) is 0 Å². The van der Waals surface area contributed by atoms with Crippen molar-refractivity contribution in [3.63, 3.8) is 0 Å². The number of hydrogen-bond donors (Lipinski definition) is 0. The molecular weight excluding hydrogens is 1190 g/mol. The van der Waals surface area contributed by atoms with Crippen LogP contribution in [0.25, 0.3) is 66.8 Å². The lowest BCUT2D eigenvalue weighted by molar-refractivity contribution is 0.568. The van der Waals surface area contributed by atoms with E-state index in [4.69, 9.17) is 0 Å². The molecule has 0 atom stereocenters. The summed E-state index contributed by atoms with van der Waals surface area (Å²) in [5.74, 6) is -0.252. The topological polar surface area (TPSA) is 6.48 Å². The maximum Gasteiger partial charge on any atom is 0.0527 e. The number of hydrogen-bond acceptors (Lipinski definition) is 2. The van der Waals surface area contributed by atoms with Crippen molar-refractivity contribution in [1.82, 2.24) is 0 Å². The summed E-state index contributed by atoms with van der Waals surface area (Å²) in [5, 5.41) is 0. The van der Waals surface area contributed by atoms with Gasteiger partial charge < -0.3 is 9.80 Å². The molecule has 0 bridgehead atoms. The zero-order valence-corrected chi connectivity index (χ0v) is 59.5. The van der Waals surface area contributed by atoms with Gasteiger partial charge >= 0.3 is 0 Å². The molecule has 0 amide bonds. The van der Waals surface area contributed by atoms with Gasteiger partial charge in [0.25, 0.3) is 0 Å². The zero-order valence-electron chi connectivity index (χ0n) is 59.5.